The van der Waals surface area contributed by atoms with Gasteiger partial charge in [-0.3, -0.25) is 4.90 Å². The maximum absolute atomic E-state index is 6.21. The van der Waals surface area contributed by atoms with Crippen molar-refractivity contribution in [2.75, 3.05) is 37.6 Å². The van der Waals surface area contributed by atoms with E-state index >= 15 is 0 Å². The zero-order chi connectivity index (χ0) is 14.7. The van der Waals surface area contributed by atoms with Gasteiger partial charge in [-0.05, 0) is 12.1 Å². The minimum Gasteiger partial charge on any atom is -0.353 e. The maximum Gasteiger partial charge on any atom is 0.147 e. The van der Waals surface area contributed by atoms with Crippen molar-refractivity contribution >= 4 is 17.4 Å². The number of aryl methyl sites for hydroxylation is 1. The van der Waals surface area contributed by atoms with Crippen molar-refractivity contribution in [2.45, 2.75) is 6.42 Å². The third-order valence-electron chi connectivity index (χ3n) is 3.98. The topological polar surface area (TPSA) is 37.2 Å². The van der Waals surface area contributed by atoms with Crippen LogP contribution in [0.25, 0.3) is 0 Å². The zero-order valence-corrected chi connectivity index (χ0v) is 13.0. The van der Waals surface area contributed by atoms with Crippen LogP contribution in [0, 0.1) is 0 Å². The van der Waals surface area contributed by atoms with E-state index in [9.17, 15) is 0 Å². The summed E-state index contributed by atoms with van der Waals surface area (Å²) in [6.07, 6.45) is 6.65. The Labute approximate surface area is 130 Å². The number of pyridine rings is 1. The van der Waals surface area contributed by atoms with Crippen LogP contribution in [0.15, 0.2) is 30.7 Å². The first-order chi connectivity index (χ1) is 10.2. The molecule has 0 saturated carbocycles. The van der Waals surface area contributed by atoms with Crippen LogP contribution < -0.4 is 4.90 Å². The molecular weight excluding hydrogens is 286 g/mol. The van der Waals surface area contributed by atoms with Crippen molar-refractivity contribution in [3.8, 4) is 0 Å². The first-order valence-electron chi connectivity index (χ1n) is 7.28. The average molecular weight is 306 g/mol. The monoisotopic (exact) mass is 305 g/mol. The second-order valence-electron chi connectivity index (χ2n) is 5.34. The van der Waals surface area contributed by atoms with E-state index in [1.165, 1.54) is 0 Å². The molecule has 0 aromatic carbocycles. The molecule has 1 aliphatic heterocycles. The van der Waals surface area contributed by atoms with Crippen molar-refractivity contribution in [2.24, 2.45) is 7.05 Å². The van der Waals surface area contributed by atoms with Crippen LogP contribution in [0.4, 0.5) is 5.82 Å². The van der Waals surface area contributed by atoms with E-state index in [1.807, 2.05) is 31.6 Å². The Bertz CT molecular complexity index is 589. The van der Waals surface area contributed by atoms with E-state index in [2.05, 4.69) is 24.3 Å². The van der Waals surface area contributed by atoms with Gasteiger partial charge in [0.1, 0.15) is 11.6 Å². The summed E-state index contributed by atoms with van der Waals surface area (Å²) in [7, 11) is 2.04. The van der Waals surface area contributed by atoms with E-state index < -0.39 is 0 Å². The van der Waals surface area contributed by atoms with E-state index in [-0.39, 0.29) is 0 Å². The van der Waals surface area contributed by atoms with Gasteiger partial charge in [0.2, 0.25) is 0 Å². The molecule has 3 heterocycles. The molecule has 5 nitrogen and oxygen atoms in total. The van der Waals surface area contributed by atoms with Gasteiger partial charge in [-0.15, -0.1) is 0 Å². The number of aromatic nitrogens is 3. The molecule has 21 heavy (non-hydrogen) atoms. The molecule has 0 unspecified atom stereocenters. The van der Waals surface area contributed by atoms with Crippen molar-refractivity contribution in [3.05, 3.63) is 41.6 Å². The SMILES string of the molecule is Cn1ccnc1CCN1CCN(c2ncccc2Cl)CC1. The largest absolute Gasteiger partial charge is 0.353 e. The Kier molecular flexibility index (Phi) is 4.41. The van der Waals surface area contributed by atoms with Crippen LogP contribution in [0.3, 0.4) is 0 Å². The standard InChI is InChI=1S/C15H20ClN5/c1-19-8-6-17-14(19)4-7-20-9-11-21(12-10-20)15-13(16)3-2-5-18-15/h2-3,5-6,8H,4,7,9-12H2,1H3. The van der Waals surface area contributed by atoms with Gasteiger partial charge in [0.25, 0.3) is 0 Å². The molecule has 1 saturated heterocycles. The summed E-state index contributed by atoms with van der Waals surface area (Å²) in [6.45, 7) is 5.07. The average Bonchev–Trinajstić information content (AvgIpc) is 2.92. The number of halogens is 1. The van der Waals surface area contributed by atoms with Gasteiger partial charge in [-0.2, -0.15) is 0 Å². The molecule has 0 spiro atoms. The Morgan fingerprint density at radius 2 is 1.95 bits per heavy atom. The first kappa shape index (κ1) is 14.4. The Balaban J connectivity index is 1.51. The molecule has 0 aliphatic carbocycles. The van der Waals surface area contributed by atoms with Gasteiger partial charge in [-0.25, -0.2) is 9.97 Å². The molecule has 6 heteroatoms. The summed E-state index contributed by atoms with van der Waals surface area (Å²) >= 11 is 6.21. The predicted octanol–water partition coefficient (Wildman–Crippen LogP) is 1.83. The highest BCUT2D eigenvalue weighted by atomic mass is 35.5. The predicted molar refractivity (Wildman–Crippen MR) is 84.8 cm³/mol. The molecule has 1 fully saturated rings. The molecular formula is C15H20ClN5. The molecule has 0 N–H and O–H groups in total. The van der Waals surface area contributed by atoms with Crippen LogP contribution in [0.1, 0.15) is 5.82 Å². The van der Waals surface area contributed by atoms with Crippen molar-refractivity contribution in [3.63, 3.8) is 0 Å². The fourth-order valence-electron chi connectivity index (χ4n) is 2.69. The summed E-state index contributed by atoms with van der Waals surface area (Å²) < 4.78 is 2.09. The van der Waals surface area contributed by atoms with E-state index in [1.54, 1.807) is 6.20 Å². The molecule has 0 amide bonds. The summed E-state index contributed by atoms with van der Waals surface area (Å²) in [5.41, 5.74) is 0. The Morgan fingerprint density at radius 1 is 1.14 bits per heavy atom. The molecule has 0 atom stereocenters. The lowest BCUT2D eigenvalue weighted by Gasteiger charge is -2.35. The van der Waals surface area contributed by atoms with Gasteiger partial charge in [0.05, 0.1) is 5.02 Å². The van der Waals surface area contributed by atoms with Crippen LogP contribution in [-0.4, -0.2) is 52.2 Å². The third kappa shape index (κ3) is 3.36. The number of piperazine rings is 1. The fourth-order valence-corrected chi connectivity index (χ4v) is 2.93. The number of hydrogen-bond acceptors (Lipinski definition) is 4. The number of anilines is 1. The highest BCUT2D eigenvalue weighted by Crippen LogP contribution is 2.23. The summed E-state index contributed by atoms with van der Waals surface area (Å²) in [6, 6.07) is 3.77. The van der Waals surface area contributed by atoms with E-state index in [0.29, 0.717) is 0 Å². The molecule has 2 aromatic heterocycles. The van der Waals surface area contributed by atoms with E-state index in [0.717, 1.165) is 55.8 Å². The van der Waals surface area contributed by atoms with Crippen molar-refractivity contribution in [1.82, 2.24) is 19.4 Å². The molecule has 1 aliphatic rings. The van der Waals surface area contributed by atoms with Crippen LogP contribution in [0.2, 0.25) is 5.02 Å². The quantitative estimate of drug-likeness (QED) is 0.864. The van der Waals surface area contributed by atoms with Gasteiger partial charge >= 0.3 is 0 Å². The maximum atomic E-state index is 6.21. The molecule has 3 rings (SSSR count). The van der Waals surface area contributed by atoms with Crippen molar-refractivity contribution < 1.29 is 0 Å². The normalized spacial score (nSPS) is 16.4. The highest BCUT2D eigenvalue weighted by Gasteiger charge is 2.19. The van der Waals surface area contributed by atoms with Crippen LogP contribution in [0.5, 0.6) is 0 Å². The zero-order valence-electron chi connectivity index (χ0n) is 12.2. The Hall–Kier alpha value is -1.59. The van der Waals surface area contributed by atoms with Gasteiger partial charge in [-0.1, -0.05) is 11.6 Å². The first-order valence-corrected chi connectivity index (χ1v) is 7.66. The molecule has 0 radical (unpaired) electrons. The summed E-state index contributed by atoms with van der Waals surface area (Å²) in [4.78, 5) is 13.5. The lowest BCUT2D eigenvalue weighted by atomic mass is 10.2. The van der Waals surface area contributed by atoms with Gasteiger partial charge in [0.15, 0.2) is 0 Å². The minimum atomic E-state index is 0.735. The lowest BCUT2D eigenvalue weighted by molar-refractivity contribution is 0.258. The summed E-state index contributed by atoms with van der Waals surface area (Å²) in [5.74, 6) is 2.05. The molecule has 0 bridgehead atoms. The Morgan fingerprint density at radius 3 is 2.62 bits per heavy atom. The molecule has 2 aromatic rings. The summed E-state index contributed by atoms with van der Waals surface area (Å²) in [5, 5.41) is 0.735. The number of hydrogen-bond donors (Lipinski definition) is 0. The number of rotatable bonds is 4. The fraction of sp³-hybridized carbons (Fsp3) is 0.467. The lowest BCUT2D eigenvalue weighted by Crippen LogP contribution is -2.47. The third-order valence-corrected chi connectivity index (χ3v) is 4.28. The van der Waals surface area contributed by atoms with Gasteiger partial charge in [0, 0.05) is 64.8 Å². The van der Waals surface area contributed by atoms with E-state index in [4.69, 9.17) is 11.6 Å². The number of imidazole rings is 1. The second kappa shape index (κ2) is 6.45. The van der Waals surface area contributed by atoms with Crippen molar-refractivity contribution in [1.29, 1.82) is 0 Å². The van der Waals surface area contributed by atoms with Gasteiger partial charge < -0.3 is 9.47 Å². The number of nitrogens with zero attached hydrogens (tertiary/aromatic N) is 5. The van der Waals surface area contributed by atoms with Crippen LogP contribution >= 0.6 is 11.6 Å². The van der Waals surface area contributed by atoms with Crippen LogP contribution in [-0.2, 0) is 13.5 Å². The smallest absolute Gasteiger partial charge is 0.147 e. The highest BCUT2D eigenvalue weighted by molar-refractivity contribution is 6.32. The second-order valence-corrected chi connectivity index (χ2v) is 5.75. The molecule has 112 valence electrons. The minimum absolute atomic E-state index is 0.735.